The van der Waals surface area contributed by atoms with Crippen LogP contribution in [0.3, 0.4) is 0 Å². The third-order valence-corrected chi connectivity index (χ3v) is 4.85. The Labute approximate surface area is 180 Å². The largest absolute Gasteiger partial charge is 0.352 e. The molecular weight excluding hydrogens is 398 g/mol. The molecule has 3 aromatic carbocycles. The third kappa shape index (κ3) is 7.03. The van der Waals surface area contributed by atoms with Crippen LogP contribution in [0.1, 0.15) is 35.2 Å². The number of nitrogens with one attached hydrogen (secondary N) is 2. The van der Waals surface area contributed by atoms with E-state index < -0.39 is 0 Å². The second-order valence-electron chi connectivity index (χ2n) is 7.42. The highest BCUT2D eigenvalue weighted by Crippen LogP contribution is 2.14. The molecule has 0 aromatic heterocycles. The van der Waals surface area contributed by atoms with Crippen molar-refractivity contribution in [3.05, 3.63) is 107 Å². The molecule has 0 aliphatic rings. The molecule has 2 N–H and O–H groups in total. The van der Waals surface area contributed by atoms with Gasteiger partial charge in [0, 0.05) is 6.54 Å². The smallest absolute Gasteiger partial charge is 0.224 e. The summed E-state index contributed by atoms with van der Waals surface area (Å²) in [4.78, 5) is 24.3. The minimum atomic E-state index is -0.364. The number of benzene rings is 3. The van der Waals surface area contributed by atoms with Crippen LogP contribution in [0, 0.1) is 11.6 Å². The number of carbonyl (C=O) groups is 2. The van der Waals surface area contributed by atoms with Gasteiger partial charge in [-0.15, -0.1) is 0 Å². The van der Waals surface area contributed by atoms with Crippen LogP contribution in [-0.2, 0) is 29.0 Å². The molecule has 0 aliphatic heterocycles. The molecule has 0 saturated heterocycles. The fourth-order valence-electron chi connectivity index (χ4n) is 3.23. The van der Waals surface area contributed by atoms with Crippen LogP contribution < -0.4 is 10.6 Å². The van der Waals surface area contributed by atoms with E-state index in [1.807, 2.05) is 31.2 Å². The second kappa shape index (κ2) is 10.5. The Morgan fingerprint density at radius 3 is 1.87 bits per heavy atom. The van der Waals surface area contributed by atoms with E-state index in [0.29, 0.717) is 17.7 Å². The standard InChI is InChI=1S/C25H24F2N2O2/c1-17(29-25(31)15-20-5-3-7-23(27)13-20)21-10-8-18(9-11-21)16-28-24(30)14-19-4-2-6-22(26)12-19/h2-13,17H,14-16H2,1H3,(H,28,30)(H,29,31)/t17-/m0/s1. The first-order valence-electron chi connectivity index (χ1n) is 10.0. The third-order valence-electron chi connectivity index (χ3n) is 4.85. The minimum Gasteiger partial charge on any atom is -0.352 e. The summed E-state index contributed by atoms with van der Waals surface area (Å²) in [7, 11) is 0. The van der Waals surface area contributed by atoms with E-state index in [1.165, 1.54) is 24.3 Å². The summed E-state index contributed by atoms with van der Waals surface area (Å²) < 4.78 is 26.5. The lowest BCUT2D eigenvalue weighted by atomic mass is 10.1. The first-order valence-corrected chi connectivity index (χ1v) is 10.0. The van der Waals surface area contributed by atoms with Gasteiger partial charge in [0.1, 0.15) is 11.6 Å². The Hall–Kier alpha value is -3.54. The molecule has 31 heavy (non-hydrogen) atoms. The molecule has 3 rings (SSSR count). The van der Waals surface area contributed by atoms with Crippen molar-refractivity contribution in [2.24, 2.45) is 0 Å². The molecule has 0 spiro atoms. The van der Waals surface area contributed by atoms with Crippen molar-refractivity contribution in [3.8, 4) is 0 Å². The highest BCUT2D eigenvalue weighted by atomic mass is 19.1. The van der Waals surface area contributed by atoms with Gasteiger partial charge in [-0.25, -0.2) is 8.78 Å². The van der Waals surface area contributed by atoms with E-state index >= 15 is 0 Å². The van der Waals surface area contributed by atoms with Gasteiger partial charge in [0.05, 0.1) is 18.9 Å². The van der Waals surface area contributed by atoms with E-state index in [9.17, 15) is 18.4 Å². The first-order chi connectivity index (χ1) is 14.9. The minimum absolute atomic E-state index is 0.109. The molecule has 1 atom stereocenters. The van der Waals surface area contributed by atoms with Crippen LogP contribution in [0.4, 0.5) is 8.78 Å². The average Bonchev–Trinajstić information content (AvgIpc) is 2.72. The van der Waals surface area contributed by atoms with Gasteiger partial charge in [0.2, 0.25) is 11.8 Å². The predicted molar refractivity (Wildman–Crippen MR) is 115 cm³/mol. The van der Waals surface area contributed by atoms with Gasteiger partial charge in [-0.3, -0.25) is 9.59 Å². The molecule has 6 heteroatoms. The van der Waals surface area contributed by atoms with Crippen molar-refractivity contribution in [2.45, 2.75) is 32.4 Å². The molecule has 0 saturated carbocycles. The Kier molecular flexibility index (Phi) is 7.49. The zero-order valence-corrected chi connectivity index (χ0v) is 17.2. The van der Waals surface area contributed by atoms with Crippen LogP contribution in [0.2, 0.25) is 0 Å². The lowest BCUT2D eigenvalue weighted by Crippen LogP contribution is -2.28. The molecule has 0 aliphatic carbocycles. The predicted octanol–water partition coefficient (Wildman–Crippen LogP) is 4.24. The number of amides is 2. The number of hydrogen-bond donors (Lipinski definition) is 2. The monoisotopic (exact) mass is 422 g/mol. The van der Waals surface area contributed by atoms with Gasteiger partial charge in [0.15, 0.2) is 0 Å². The summed E-state index contributed by atoms with van der Waals surface area (Å²) in [5.41, 5.74) is 3.07. The van der Waals surface area contributed by atoms with Gasteiger partial charge in [-0.2, -0.15) is 0 Å². The SMILES string of the molecule is C[C@H](NC(=O)Cc1cccc(F)c1)c1ccc(CNC(=O)Cc2cccc(F)c2)cc1. The normalized spacial score (nSPS) is 11.6. The quantitative estimate of drug-likeness (QED) is 0.570. The highest BCUT2D eigenvalue weighted by molar-refractivity contribution is 5.79. The maximum absolute atomic E-state index is 13.2. The van der Waals surface area contributed by atoms with Gasteiger partial charge in [-0.05, 0) is 53.4 Å². The molecular formula is C25H24F2N2O2. The van der Waals surface area contributed by atoms with Crippen LogP contribution in [0.15, 0.2) is 72.8 Å². The molecule has 0 radical (unpaired) electrons. The maximum atomic E-state index is 13.2. The summed E-state index contributed by atoms with van der Waals surface area (Å²) in [5, 5.41) is 5.72. The molecule has 3 aromatic rings. The van der Waals surface area contributed by atoms with Crippen molar-refractivity contribution in [2.75, 3.05) is 0 Å². The second-order valence-corrected chi connectivity index (χ2v) is 7.42. The lowest BCUT2D eigenvalue weighted by molar-refractivity contribution is -0.121. The van der Waals surface area contributed by atoms with Crippen LogP contribution in [0.5, 0.6) is 0 Å². The molecule has 160 valence electrons. The van der Waals surface area contributed by atoms with Crippen molar-refractivity contribution in [1.82, 2.24) is 10.6 Å². The van der Waals surface area contributed by atoms with Gasteiger partial charge in [0.25, 0.3) is 0 Å². The van der Waals surface area contributed by atoms with Crippen LogP contribution >= 0.6 is 0 Å². The summed E-state index contributed by atoms with van der Waals surface area (Å²) in [6.45, 7) is 2.23. The van der Waals surface area contributed by atoms with E-state index in [0.717, 1.165) is 11.1 Å². The van der Waals surface area contributed by atoms with E-state index in [2.05, 4.69) is 10.6 Å². The van der Waals surface area contributed by atoms with Crippen molar-refractivity contribution >= 4 is 11.8 Å². The fourth-order valence-corrected chi connectivity index (χ4v) is 3.23. The Morgan fingerprint density at radius 1 is 0.774 bits per heavy atom. The van der Waals surface area contributed by atoms with Gasteiger partial charge in [-0.1, -0.05) is 48.5 Å². The fraction of sp³-hybridized carbons (Fsp3) is 0.200. The number of rotatable bonds is 8. The van der Waals surface area contributed by atoms with Gasteiger partial charge < -0.3 is 10.6 Å². The van der Waals surface area contributed by atoms with Gasteiger partial charge >= 0.3 is 0 Å². The molecule has 0 bridgehead atoms. The first kappa shape index (κ1) is 22.2. The van der Waals surface area contributed by atoms with Crippen molar-refractivity contribution in [3.63, 3.8) is 0 Å². The highest BCUT2D eigenvalue weighted by Gasteiger charge is 2.11. The zero-order chi connectivity index (χ0) is 22.2. The molecule has 0 unspecified atom stereocenters. The molecule has 0 fully saturated rings. The maximum Gasteiger partial charge on any atom is 0.224 e. The van der Waals surface area contributed by atoms with Crippen LogP contribution in [0.25, 0.3) is 0 Å². The van der Waals surface area contributed by atoms with E-state index in [-0.39, 0.29) is 42.3 Å². The topological polar surface area (TPSA) is 58.2 Å². The number of carbonyl (C=O) groups excluding carboxylic acids is 2. The van der Waals surface area contributed by atoms with Crippen LogP contribution in [-0.4, -0.2) is 11.8 Å². The Morgan fingerprint density at radius 2 is 1.32 bits per heavy atom. The summed E-state index contributed by atoms with van der Waals surface area (Å²) in [6.07, 6.45) is 0.224. The molecule has 4 nitrogen and oxygen atoms in total. The van der Waals surface area contributed by atoms with Crippen molar-refractivity contribution in [1.29, 1.82) is 0 Å². The average molecular weight is 422 g/mol. The summed E-state index contributed by atoms with van der Waals surface area (Å²) in [6, 6.07) is 19.3. The number of halogens is 2. The summed E-state index contributed by atoms with van der Waals surface area (Å²) >= 11 is 0. The van der Waals surface area contributed by atoms with E-state index in [4.69, 9.17) is 0 Å². The Bertz CT molecular complexity index is 1050. The zero-order valence-electron chi connectivity index (χ0n) is 17.2. The molecule has 2 amide bonds. The van der Waals surface area contributed by atoms with Crippen molar-refractivity contribution < 1.29 is 18.4 Å². The van der Waals surface area contributed by atoms with E-state index in [1.54, 1.807) is 24.3 Å². The lowest BCUT2D eigenvalue weighted by Gasteiger charge is -2.15. The summed E-state index contributed by atoms with van der Waals surface area (Å²) in [5.74, 6) is -1.10. The number of hydrogen-bond acceptors (Lipinski definition) is 2. The Balaban J connectivity index is 1.47. The molecule has 0 heterocycles.